The number of unbranched alkanes of at least 4 members (excludes halogenated alkanes) is 3. The van der Waals surface area contributed by atoms with Crippen molar-refractivity contribution in [2.45, 2.75) is 77.5 Å². The Morgan fingerprint density at radius 2 is 1.76 bits per heavy atom. The Morgan fingerprint density at radius 3 is 2.32 bits per heavy atom. The molecule has 0 spiro atoms. The third kappa shape index (κ3) is 8.16. The highest BCUT2D eigenvalue weighted by atomic mass is 16.6. The van der Waals surface area contributed by atoms with Crippen LogP contribution in [-0.2, 0) is 9.53 Å². The van der Waals surface area contributed by atoms with Crippen LogP contribution >= 0.6 is 0 Å². The summed E-state index contributed by atoms with van der Waals surface area (Å²) >= 11 is 0. The van der Waals surface area contributed by atoms with Crippen LogP contribution in [0.2, 0.25) is 0 Å². The summed E-state index contributed by atoms with van der Waals surface area (Å²) in [6, 6.07) is 7.56. The third-order valence-electron chi connectivity index (χ3n) is 3.72. The Kier molecular flexibility index (Phi) is 8.62. The third-order valence-corrected chi connectivity index (χ3v) is 3.72. The van der Waals surface area contributed by atoms with E-state index in [4.69, 9.17) is 4.74 Å². The van der Waals surface area contributed by atoms with E-state index in [1.807, 2.05) is 6.07 Å². The van der Waals surface area contributed by atoms with Gasteiger partial charge in [-0.05, 0) is 39.3 Å². The molecule has 1 amide bonds. The van der Waals surface area contributed by atoms with Gasteiger partial charge in [-0.3, -0.25) is 4.79 Å². The molecule has 0 aromatic heterocycles. The normalized spacial score (nSPS) is 13.8. The molecule has 0 aliphatic heterocycles. The van der Waals surface area contributed by atoms with Gasteiger partial charge in [0.15, 0.2) is 6.04 Å². The number of hydrogen-bond donors (Lipinski definition) is 2. The second kappa shape index (κ2) is 10.2. The average molecular weight is 349 g/mol. The molecule has 1 aromatic rings. The summed E-state index contributed by atoms with van der Waals surface area (Å²) in [5.74, 6) is -1.01. The van der Waals surface area contributed by atoms with Crippen molar-refractivity contribution in [1.29, 1.82) is 0 Å². The van der Waals surface area contributed by atoms with Gasteiger partial charge in [-0.15, -0.1) is 0 Å². The molecule has 5 nitrogen and oxygen atoms in total. The molecule has 0 saturated heterocycles. The molecule has 1 aromatic carbocycles. The molecular formula is C20H31NO4. The Balaban J connectivity index is 2.79. The van der Waals surface area contributed by atoms with Crippen molar-refractivity contribution >= 4 is 11.9 Å². The lowest BCUT2D eigenvalue weighted by Crippen LogP contribution is -2.51. The van der Waals surface area contributed by atoms with E-state index in [0.29, 0.717) is 12.0 Å². The van der Waals surface area contributed by atoms with Crippen LogP contribution in [0.1, 0.15) is 70.2 Å². The van der Waals surface area contributed by atoms with Crippen LogP contribution in [0.5, 0.6) is 0 Å². The lowest BCUT2D eigenvalue weighted by molar-refractivity contribution is -0.160. The number of aliphatic hydroxyl groups is 1. The van der Waals surface area contributed by atoms with Crippen LogP contribution in [0.3, 0.4) is 0 Å². The predicted molar refractivity (Wildman–Crippen MR) is 98.3 cm³/mol. The molecule has 2 atom stereocenters. The smallest absolute Gasteiger partial charge is 0.331 e. The number of nitrogens with one attached hydrogen (secondary N) is 1. The van der Waals surface area contributed by atoms with E-state index >= 15 is 0 Å². The average Bonchev–Trinajstić information content (AvgIpc) is 2.55. The summed E-state index contributed by atoms with van der Waals surface area (Å²) in [4.78, 5) is 24.8. The van der Waals surface area contributed by atoms with Gasteiger partial charge in [0.25, 0.3) is 5.91 Å². The summed E-state index contributed by atoms with van der Waals surface area (Å²) in [5, 5.41) is 13.1. The number of benzene rings is 1. The van der Waals surface area contributed by atoms with E-state index in [2.05, 4.69) is 12.2 Å². The van der Waals surface area contributed by atoms with Crippen molar-refractivity contribution in [2.75, 3.05) is 0 Å². The van der Waals surface area contributed by atoms with Gasteiger partial charge in [0.1, 0.15) is 5.60 Å². The minimum atomic E-state index is -1.08. The van der Waals surface area contributed by atoms with Crippen LogP contribution in [-0.4, -0.2) is 34.7 Å². The fourth-order valence-corrected chi connectivity index (χ4v) is 2.44. The van der Waals surface area contributed by atoms with Gasteiger partial charge in [0.05, 0.1) is 6.10 Å². The standard InChI is InChI=1S/C20H31NO4/c1-5-6-7-11-14-16(22)17(19(24)25-20(2,3)4)21-18(23)15-12-9-8-10-13-15/h8-10,12-13,16-17,22H,5-7,11,14H2,1-4H3,(H,21,23)/t16-,17+/m1/s1. The molecule has 0 fully saturated rings. The van der Waals surface area contributed by atoms with Crippen LogP contribution < -0.4 is 5.32 Å². The molecule has 0 aliphatic carbocycles. The minimum Gasteiger partial charge on any atom is -0.458 e. The maximum Gasteiger partial charge on any atom is 0.331 e. The first kappa shape index (κ1) is 21.2. The van der Waals surface area contributed by atoms with Crippen LogP contribution in [0.15, 0.2) is 30.3 Å². The number of rotatable bonds is 9. The van der Waals surface area contributed by atoms with Gasteiger partial charge in [0.2, 0.25) is 0 Å². The molecule has 140 valence electrons. The minimum absolute atomic E-state index is 0.399. The van der Waals surface area contributed by atoms with Crippen molar-refractivity contribution in [3.05, 3.63) is 35.9 Å². The molecule has 25 heavy (non-hydrogen) atoms. The first-order valence-electron chi connectivity index (χ1n) is 9.01. The summed E-state index contributed by atoms with van der Waals surface area (Å²) in [6.07, 6.45) is 3.44. The number of carbonyl (C=O) groups excluding carboxylic acids is 2. The van der Waals surface area contributed by atoms with E-state index in [-0.39, 0.29) is 0 Å². The van der Waals surface area contributed by atoms with Crippen LogP contribution in [0.4, 0.5) is 0 Å². The number of carbonyl (C=O) groups is 2. The number of aliphatic hydroxyl groups excluding tert-OH is 1. The quantitative estimate of drug-likeness (QED) is 0.529. The van der Waals surface area contributed by atoms with Gasteiger partial charge in [0, 0.05) is 5.56 Å². The molecular weight excluding hydrogens is 318 g/mol. The highest BCUT2D eigenvalue weighted by Crippen LogP contribution is 2.14. The Morgan fingerprint density at radius 1 is 1.12 bits per heavy atom. The van der Waals surface area contributed by atoms with Crippen molar-refractivity contribution < 1.29 is 19.4 Å². The highest BCUT2D eigenvalue weighted by molar-refractivity contribution is 5.96. The number of amides is 1. The summed E-state index contributed by atoms with van der Waals surface area (Å²) in [5.41, 5.74) is -0.247. The molecule has 0 heterocycles. The summed E-state index contributed by atoms with van der Waals surface area (Å²) in [7, 11) is 0. The van der Waals surface area contributed by atoms with Crippen LogP contribution in [0, 0.1) is 0 Å². The first-order chi connectivity index (χ1) is 11.7. The van der Waals surface area contributed by atoms with Crippen LogP contribution in [0.25, 0.3) is 0 Å². The zero-order valence-corrected chi connectivity index (χ0v) is 15.7. The van der Waals surface area contributed by atoms with Gasteiger partial charge < -0.3 is 15.2 Å². The Hall–Kier alpha value is -1.88. The Labute approximate surface area is 150 Å². The van der Waals surface area contributed by atoms with E-state index in [1.54, 1.807) is 45.0 Å². The van der Waals surface area contributed by atoms with Crippen molar-refractivity contribution in [3.8, 4) is 0 Å². The second-order valence-electron chi connectivity index (χ2n) is 7.27. The lowest BCUT2D eigenvalue weighted by atomic mass is 10.0. The fourth-order valence-electron chi connectivity index (χ4n) is 2.44. The van der Waals surface area contributed by atoms with E-state index in [0.717, 1.165) is 25.7 Å². The molecule has 0 aliphatic rings. The predicted octanol–water partition coefficient (Wildman–Crippen LogP) is 3.46. The Bertz CT molecular complexity index is 536. The topological polar surface area (TPSA) is 75.6 Å². The SMILES string of the molecule is CCCCCC[C@@H](O)[C@H](NC(=O)c1ccccc1)C(=O)OC(C)(C)C. The number of esters is 1. The molecule has 0 radical (unpaired) electrons. The van der Waals surface area contributed by atoms with E-state index in [1.165, 1.54) is 0 Å². The first-order valence-corrected chi connectivity index (χ1v) is 9.01. The maximum atomic E-state index is 12.5. The van der Waals surface area contributed by atoms with Crippen molar-refractivity contribution in [1.82, 2.24) is 5.32 Å². The zero-order valence-electron chi connectivity index (χ0n) is 15.7. The molecule has 5 heteroatoms. The molecule has 0 bridgehead atoms. The molecule has 1 rings (SSSR count). The largest absolute Gasteiger partial charge is 0.458 e. The molecule has 2 N–H and O–H groups in total. The highest BCUT2D eigenvalue weighted by Gasteiger charge is 2.32. The molecule has 0 unspecified atom stereocenters. The van der Waals surface area contributed by atoms with Gasteiger partial charge in [-0.25, -0.2) is 4.79 Å². The van der Waals surface area contributed by atoms with Crippen molar-refractivity contribution in [2.24, 2.45) is 0 Å². The zero-order chi connectivity index (χ0) is 18.9. The van der Waals surface area contributed by atoms with Crippen molar-refractivity contribution in [3.63, 3.8) is 0 Å². The maximum absolute atomic E-state index is 12.5. The van der Waals surface area contributed by atoms with Gasteiger partial charge in [-0.2, -0.15) is 0 Å². The summed E-state index contributed by atoms with van der Waals surface area (Å²) in [6.45, 7) is 7.39. The second-order valence-corrected chi connectivity index (χ2v) is 7.27. The monoisotopic (exact) mass is 349 g/mol. The number of hydrogen-bond acceptors (Lipinski definition) is 4. The fraction of sp³-hybridized carbons (Fsp3) is 0.600. The van der Waals surface area contributed by atoms with Gasteiger partial charge in [-0.1, -0.05) is 50.8 Å². The van der Waals surface area contributed by atoms with E-state index in [9.17, 15) is 14.7 Å². The lowest BCUT2D eigenvalue weighted by Gasteiger charge is -2.27. The van der Waals surface area contributed by atoms with E-state index < -0.39 is 29.6 Å². The number of ether oxygens (including phenoxy) is 1. The van der Waals surface area contributed by atoms with Gasteiger partial charge >= 0.3 is 5.97 Å². The summed E-state index contributed by atoms with van der Waals surface area (Å²) < 4.78 is 5.37. The molecule has 0 saturated carbocycles.